The van der Waals surface area contributed by atoms with E-state index in [9.17, 15) is 0 Å². The highest BCUT2D eigenvalue weighted by molar-refractivity contribution is 4.84. The Bertz CT molecular complexity index is 180. The molecule has 2 fully saturated rings. The van der Waals surface area contributed by atoms with Gasteiger partial charge in [-0.3, -0.25) is 0 Å². The molecule has 1 heteroatoms. The van der Waals surface area contributed by atoms with Gasteiger partial charge in [-0.25, -0.2) is 0 Å². The second-order valence-corrected chi connectivity index (χ2v) is 5.92. The van der Waals surface area contributed by atoms with Crippen LogP contribution in [0.25, 0.3) is 0 Å². The molecular weight excluding hydrogens is 182 g/mol. The summed E-state index contributed by atoms with van der Waals surface area (Å²) in [6.45, 7) is 4.73. The molecule has 0 aromatic rings. The van der Waals surface area contributed by atoms with Gasteiger partial charge in [0.1, 0.15) is 0 Å². The van der Waals surface area contributed by atoms with Gasteiger partial charge in [-0.2, -0.15) is 0 Å². The summed E-state index contributed by atoms with van der Waals surface area (Å²) in [5.74, 6) is 2.06. The van der Waals surface area contributed by atoms with Gasteiger partial charge in [0, 0.05) is 12.1 Å². The van der Waals surface area contributed by atoms with Crippen LogP contribution in [0.15, 0.2) is 0 Å². The van der Waals surface area contributed by atoms with Crippen molar-refractivity contribution >= 4 is 0 Å². The summed E-state index contributed by atoms with van der Waals surface area (Å²) >= 11 is 0. The highest BCUT2D eigenvalue weighted by Crippen LogP contribution is 2.33. The molecule has 0 spiro atoms. The summed E-state index contributed by atoms with van der Waals surface area (Å²) in [6, 6.07) is 1.50. The molecule has 88 valence electrons. The van der Waals surface area contributed by atoms with Crippen LogP contribution in [0.5, 0.6) is 0 Å². The highest BCUT2D eigenvalue weighted by Gasteiger charge is 2.28. The van der Waals surface area contributed by atoms with Crippen LogP contribution in [0.1, 0.15) is 65.2 Å². The van der Waals surface area contributed by atoms with E-state index in [0.717, 1.165) is 23.9 Å². The van der Waals surface area contributed by atoms with E-state index in [1.165, 1.54) is 51.4 Å². The molecule has 2 saturated carbocycles. The number of hydrogen-bond donors (Lipinski definition) is 1. The lowest BCUT2D eigenvalue weighted by atomic mass is 9.98. The molecule has 2 atom stereocenters. The van der Waals surface area contributed by atoms with Crippen molar-refractivity contribution < 1.29 is 0 Å². The van der Waals surface area contributed by atoms with Crippen LogP contribution in [0.4, 0.5) is 0 Å². The van der Waals surface area contributed by atoms with Crippen LogP contribution >= 0.6 is 0 Å². The largest absolute Gasteiger partial charge is 0.312 e. The molecule has 0 heterocycles. The van der Waals surface area contributed by atoms with Crippen molar-refractivity contribution in [2.24, 2.45) is 11.8 Å². The maximum atomic E-state index is 3.77. The predicted molar refractivity (Wildman–Crippen MR) is 66.0 cm³/mol. The SMILES string of the molecule is CC(CCC1CCCC1)NC(C)C1CC1. The van der Waals surface area contributed by atoms with Gasteiger partial charge in [-0.15, -0.1) is 0 Å². The van der Waals surface area contributed by atoms with E-state index < -0.39 is 0 Å². The van der Waals surface area contributed by atoms with Gasteiger partial charge < -0.3 is 5.32 Å². The van der Waals surface area contributed by atoms with E-state index in [4.69, 9.17) is 0 Å². The Labute approximate surface area is 95.0 Å². The first kappa shape index (κ1) is 11.4. The first-order chi connectivity index (χ1) is 7.25. The van der Waals surface area contributed by atoms with Crippen molar-refractivity contribution in [1.82, 2.24) is 5.32 Å². The number of hydrogen-bond acceptors (Lipinski definition) is 1. The summed E-state index contributed by atoms with van der Waals surface area (Å²) in [5.41, 5.74) is 0. The Morgan fingerprint density at radius 3 is 2.33 bits per heavy atom. The summed E-state index contributed by atoms with van der Waals surface area (Å²) in [7, 11) is 0. The fourth-order valence-electron chi connectivity index (χ4n) is 3.05. The van der Waals surface area contributed by atoms with E-state index in [-0.39, 0.29) is 0 Å². The fourth-order valence-corrected chi connectivity index (χ4v) is 3.05. The van der Waals surface area contributed by atoms with Crippen LogP contribution in [0, 0.1) is 11.8 Å². The van der Waals surface area contributed by atoms with Crippen LogP contribution in [0.2, 0.25) is 0 Å². The lowest BCUT2D eigenvalue weighted by Crippen LogP contribution is -2.36. The molecular formula is C14H27N. The van der Waals surface area contributed by atoms with Gasteiger partial charge in [-0.05, 0) is 51.4 Å². The lowest BCUT2D eigenvalue weighted by Gasteiger charge is -2.21. The van der Waals surface area contributed by atoms with Crippen molar-refractivity contribution in [3.8, 4) is 0 Å². The third kappa shape index (κ3) is 3.79. The molecule has 0 saturated heterocycles. The average molecular weight is 209 g/mol. The maximum Gasteiger partial charge on any atom is 0.00694 e. The van der Waals surface area contributed by atoms with E-state index in [1.54, 1.807) is 0 Å². The van der Waals surface area contributed by atoms with Crippen LogP contribution in [0.3, 0.4) is 0 Å². The Kier molecular flexibility index (Phi) is 4.07. The van der Waals surface area contributed by atoms with Gasteiger partial charge in [0.15, 0.2) is 0 Å². The van der Waals surface area contributed by atoms with Crippen LogP contribution < -0.4 is 5.32 Å². The van der Waals surface area contributed by atoms with Gasteiger partial charge >= 0.3 is 0 Å². The Morgan fingerprint density at radius 1 is 1.07 bits per heavy atom. The monoisotopic (exact) mass is 209 g/mol. The second kappa shape index (κ2) is 5.34. The summed E-state index contributed by atoms with van der Waals surface area (Å²) in [5, 5.41) is 3.77. The van der Waals surface area contributed by atoms with Gasteiger partial charge in [0.05, 0.1) is 0 Å². The molecule has 1 nitrogen and oxygen atoms in total. The normalized spacial score (nSPS) is 26.8. The molecule has 0 amide bonds. The minimum Gasteiger partial charge on any atom is -0.312 e. The zero-order valence-corrected chi connectivity index (χ0v) is 10.5. The van der Waals surface area contributed by atoms with Gasteiger partial charge in [0.25, 0.3) is 0 Å². The van der Waals surface area contributed by atoms with Crippen LogP contribution in [-0.4, -0.2) is 12.1 Å². The first-order valence-corrected chi connectivity index (χ1v) is 7.01. The molecule has 0 bridgehead atoms. The molecule has 1 N–H and O–H groups in total. The quantitative estimate of drug-likeness (QED) is 0.703. The molecule has 2 rings (SSSR count). The number of nitrogens with one attached hydrogen (secondary N) is 1. The minimum absolute atomic E-state index is 0.737. The van der Waals surface area contributed by atoms with Gasteiger partial charge in [0.2, 0.25) is 0 Å². The van der Waals surface area contributed by atoms with E-state index >= 15 is 0 Å². The zero-order valence-electron chi connectivity index (χ0n) is 10.5. The zero-order chi connectivity index (χ0) is 10.7. The molecule has 0 aromatic carbocycles. The third-order valence-electron chi connectivity index (χ3n) is 4.36. The van der Waals surface area contributed by atoms with Crippen molar-refractivity contribution in [3.63, 3.8) is 0 Å². The van der Waals surface area contributed by atoms with Crippen molar-refractivity contribution in [3.05, 3.63) is 0 Å². The molecule has 2 unspecified atom stereocenters. The van der Waals surface area contributed by atoms with Crippen molar-refractivity contribution in [2.45, 2.75) is 77.3 Å². The van der Waals surface area contributed by atoms with Crippen molar-refractivity contribution in [1.29, 1.82) is 0 Å². The lowest BCUT2D eigenvalue weighted by molar-refractivity contribution is 0.376. The maximum absolute atomic E-state index is 3.77. The topological polar surface area (TPSA) is 12.0 Å². The molecule has 0 aromatic heterocycles. The van der Waals surface area contributed by atoms with Crippen LogP contribution in [-0.2, 0) is 0 Å². The Morgan fingerprint density at radius 2 is 1.73 bits per heavy atom. The molecule has 0 radical (unpaired) electrons. The molecule has 0 aliphatic heterocycles. The van der Waals surface area contributed by atoms with E-state index in [1.807, 2.05) is 0 Å². The smallest absolute Gasteiger partial charge is 0.00694 e. The van der Waals surface area contributed by atoms with Crippen molar-refractivity contribution in [2.75, 3.05) is 0 Å². The molecule has 15 heavy (non-hydrogen) atoms. The molecule has 2 aliphatic rings. The van der Waals surface area contributed by atoms with E-state index in [0.29, 0.717) is 0 Å². The Balaban J connectivity index is 1.56. The average Bonchev–Trinajstić information content (AvgIpc) is 2.93. The molecule has 2 aliphatic carbocycles. The highest BCUT2D eigenvalue weighted by atomic mass is 14.9. The summed E-state index contributed by atoms with van der Waals surface area (Å²) in [6.07, 6.45) is 11.8. The minimum atomic E-state index is 0.737. The fraction of sp³-hybridized carbons (Fsp3) is 1.00. The first-order valence-electron chi connectivity index (χ1n) is 7.01. The predicted octanol–water partition coefficient (Wildman–Crippen LogP) is 3.73. The number of rotatable bonds is 6. The summed E-state index contributed by atoms with van der Waals surface area (Å²) < 4.78 is 0. The third-order valence-corrected chi connectivity index (χ3v) is 4.36. The standard InChI is InChI=1S/C14H27N/c1-11(15-12(2)14-9-10-14)7-8-13-5-3-4-6-13/h11-15H,3-10H2,1-2H3. The second-order valence-electron chi connectivity index (χ2n) is 5.92. The van der Waals surface area contributed by atoms with E-state index in [2.05, 4.69) is 19.2 Å². The Hall–Kier alpha value is -0.0400. The van der Waals surface area contributed by atoms with Gasteiger partial charge in [-0.1, -0.05) is 25.7 Å². The summed E-state index contributed by atoms with van der Waals surface area (Å²) in [4.78, 5) is 0.